The summed E-state index contributed by atoms with van der Waals surface area (Å²) in [5, 5.41) is 9.65. The van der Waals surface area contributed by atoms with Crippen molar-refractivity contribution in [1.82, 2.24) is 15.6 Å². The van der Waals surface area contributed by atoms with Crippen LogP contribution in [0.15, 0.2) is 43.1 Å². The number of amides is 4. The predicted octanol–water partition coefficient (Wildman–Crippen LogP) is 5.83. The van der Waals surface area contributed by atoms with E-state index in [1.807, 2.05) is 39.0 Å². The van der Waals surface area contributed by atoms with Gasteiger partial charge >= 0.3 is 6.03 Å². The average Bonchev–Trinajstić information content (AvgIpc) is 3.60. The van der Waals surface area contributed by atoms with Crippen molar-refractivity contribution in [3.8, 4) is 5.75 Å². The lowest BCUT2D eigenvalue weighted by Gasteiger charge is -2.30. The molecule has 3 N–H and O–H groups in total. The number of benzene rings is 1. The zero-order valence-electron chi connectivity index (χ0n) is 24.2. The van der Waals surface area contributed by atoms with E-state index in [4.69, 9.17) is 9.47 Å². The second-order valence-electron chi connectivity index (χ2n) is 10.3. The zero-order chi connectivity index (χ0) is 29.8. The first kappa shape index (κ1) is 29.5. The van der Waals surface area contributed by atoms with Crippen molar-refractivity contribution in [1.29, 1.82) is 0 Å². The highest BCUT2D eigenvalue weighted by atomic mass is 32.1. The Balaban J connectivity index is 0.00000173. The van der Waals surface area contributed by atoms with Crippen LogP contribution in [0.4, 0.5) is 21.9 Å². The molecule has 1 saturated heterocycles. The fourth-order valence-corrected chi connectivity index (χ4v) is 6.73. The number of anilines is 3. The van der Waals surface area contributed by atoms with Crippen molar-refractivity contribution in [2.75, 3.05) is 23.4 Å². The smallest absolute Gasteiger partial charge is 0.331 e. The Hall–Kier alpha value is -3.96. The molecule has 1 aliphatic carbocycles. The maximum atomic E-state index is 13.5. The Bertz CT molecular complexity index is 1500. The van der Waals surface area contributed by atoms with E-state index in [0.29, 0.717) is 34.3 Å². The molecule has 6 rings (SSSR count). The summed E-state index contributed by atoms with van der Waals surface area (Å²) in [6.45, 7) is 10.9. The number of nitrogens with one attached hydrogen (secondary N) is 3. The van der Waals surface area contributed by atoms with Crippen molar-refractivity contribution >= 4 is 56.5 Å². The Kier molecular flexibility index (Phi) is 9.08. The molecule has 42 heavy (non-hydrogen) atoms. The maximum absolute atomic E-state index is 13.5. The number of aromatic nitrogens is 1. The number of pyridine rings is 1. The summed E-state index contributed by atoms with van der Waals surface area (Å²) in [6.07, 6.45) is 7.13. The third-order valence-electron chi connectivity index (χ3n) is 7.68. The number of urea groups is 1. The molecule has 0 radical (unpaired) electrons. The van der Waals surface area contributed by atoms with Crippen LogP contribution in [0.2, 0.25) is 0 Å². The fraction of sp³-hybridized carbons (Fsp3) is 0.419. The van der Waals surface area contributed by atoms with Gasteiger partial charge in [-0.1, -0.05) is 20.4 Å². The van der Waals surface area contributed by atoms with Gasteiger partial charge in [0, 0.05) is 31.1 Å². The lowest BCUT2D eigenvalue weighted by Crippen LogP contribution is -2.48. The van der Waals surface area contributed by atoms with Gasteiger partial charge in [0.1, 0.15) is 21.6 Å². The molecule has 1 aromatic carbocycles. The number of ether oxygens (including phenoxy) is 2. The summed E-state index contributed by atoms with van der Waals surface area (Å²) in [5.41, 5.74) is 2.73. The first-order valence-corrected chi connectivity index (χ1v) is 15.4. The molecule has 0 spiro atoms. The van der Waals surface area contributed by atoms with E-state index in [9.17, 15) is 14.4 Å². The Morgan fingerprint density at radius 2 is 1.86 bits per heavy atom. The summed E-state index contributed by atoms with van der Waals surface area (Å²) >= 11 is 1.24. The van der Waals surface area contributed by atoms with Gasteiger partial charge in [0.15, 0.2) is 0 Å². The molecule has 0 bridgehead atoms. The van der Waals surface area contributed by atoms with Gasteiger partial charge in [-0.25, -0.2) is 9.78 Å². The molecular formula is C31H37N5O5S. The van der Waals surface area contributed by atoms with Crippen LogP contribution in [0.5, 0.6) is 5.75 Å². The first-order valence-electron chi connectivity index (χ1n) is 14.5. The predicted molar refractivity (Wildman–Crippen MR) is 165 cm³/mol. The van der Waals surface area contributed by atoms with Crippen molar-refractivity contribution in [2.45, 2.75) is 71.1 Å². The summed E-state index contributed by atoms with van der Waals surface area (Å²) < 4.78 is 11.6. The number of aryl methyl sites for hydroxylation is 1. The van der Waals surface area contributed by atoms with E-state index in [0.717, 1.165) is 54.5 Å². The molecule has 2 aromatic heterocycles. The second kappa shape index (κ2) is 12.9. The molecule has 2 atom stereocenters. The number of carbonyl (C=O) groups excluding carboxylic acids is 3. The van der Waals surface area contributed by atoms with E-state index in [-0.39, 0.29) is 36.0 Å². The van der Waals surface area contributed by atoms with Gasteiger partial charge < -0.3 is 25.4 Å². The van der Waals surface area contributed by atoms with Crippen molar-refractivity contribution < 1.29 is 23.9 Å². The van der Waals surface area contributed by atoms with Crippen LogP contribution in [-0.4, -0.2) is 54.2 Å². The highest BCUT2D eigenvalue weighted by Crippen LogP contribution is 2.46. The van der Waals surface area contributed by atoms with Gasteiger partial charge in [-0.15, -0.1) is 11.3 Å². The number of rotatable bonds is 7. The Morgan fingerprint density at radius 3 is 2.57 bits per heavy atom. The molecule has 4 amide bonds. The van der Waals surface area contributed by atoms with E-state index in [1.54, 1.807) is 17.2 Å². The molecule has 2 fully saturated rings. The van der Waals surface area contributed by atoms with Crippen LogP contribution in [-0.2, 0) is 9.53 Å². The number of nitrogens with zero attached hydrogens (tertiary/aromatic N) is 2. The molecule has 3 aromatic rings. The number of hydrogen-bond donors (Lipinski definition) is 3. The average molecular weight is 592 g/mol. The quantitative estimate of drug-likeness (QED) is 0.298. The van der Waals surface area contributed by atoms with Crippen LogP contribution in [0.3, 0.4) is 0 Å². The van der Waals surface area contributed by atoms with Gasteiger partial charge in [0.05, 0.1) is 35.7 Å². The number of thiophene rings is 1. The van der Waals surface area contributed by atoms with Crippen LogP contribution in [0.1, 0.15) is 61.2 Å². The molecule has 2 aliphatic heterocycles. The van der Waals surface area contributed by atoms with Gasteiger partial charge in [-0.3, -0.25) is 14.5 Å². The molecule has 3 aliphatic rings. The minimum atomic E-state index is -0.356. The van der Waals surface area contributed by atoms with Crippen molar-refractivity contribution in [3.63, 3.8) is 0 Å². The fourth-order valence-electron chi connectivity index (χ4n) is 5.70. The highest BCUT2D eigenvalue weighted by Gasteiger charge is 2.35. The van der Waals surface area contributed by atoms with Gasteiger partial charge in [-0.2, -0.15) is 0 Å². The molecule has 11 heteroatoms. The molecule has 0 unspecified atom stereocenters. The monoisotopic (exact) mass is 591 g/mol. The van der Waals surface area contributed by atoms with Crippen LogP contribution in [0.25, 0.3) is 10.2 Å². The molecule has 1 saturated carbocycles. The normalized spacial score (nSPS) is 19.9. The summed E-state index contributed by atoms with van der Waals surface area (Å²) in [6, 6.07) is 6.78. The van der Waals surface area contributed by atoms with Gasteiger partial charge in [0.25, 0.3) is 5.91 Å². The molecule has 4 heterocycles. The SMILES string of the molecule is C=CC(=O)N[C@H]1CCC[C@H]1NC(=O)c1sc2nccc3c2c1NC(=O)N3c1ccc(OC2CCOCC2)cc1C.CC. The van der Waals surface area contributed by atoms with Crippen LogP contribution >= 0.6 is 11.3 Å². The highest BCUT2D eigenvalue weighted by molar-refractivity contribution is 7.21. The second-order valence-corrected chi connectivity index (χ2v) is 11.3. The maximum Gasteiger partial charge on any atom is 0.331 e. The summed E-state index contributed by atoms with van der Waals surface area (Å²) in [4.78, 5) is 46.0. The largest absolute Gasteiger partial charge is 0.490 e. The van der Waals surface area contributed by atoms with Crippen LogP contribution < -0.4 is 25.6 Å². The minimum Gasteiger partial charge on any atom is -0.490 e. The lowest BCUT2D eigenvalue weighted by atomic mass is 10.1. The Labute approximate surface area is 249 Å². The first-order chi connectivity index (χ1) is 20.4. The molecular weight excluding hydrogens is 554 g/mol. The van der Waals surface area contributed by atoms with E-state index < -0.39 is 0 Å². The standard InChI is InChI=1S/C29H31N5O5S.C2H6/c1-3-23(35)31-19-5-4-6-20(19)32-27(36)26-25-24-22(9-12-30-28(24)40-26)34(29(37)33-25)21-8-7-18(15-16(21)2)39-17-10-13-38-14-11-17;1-2/h3,7-9,12,15,17,19-20H,1,4-6,10-11,13-14H2,2H3,(H,31,35)(H,32,36)(H,33,37);1-2H3/t19-,20+;/m0./s1. The van der Waals surface area contributed by atoms with Gasteiger partial charge in [0.2, 0.25) is 5.91 Å². The third kappa shape index (κ3) is 5.84. The lowest BCUT2D eigenvalue weighted by molar-refractivity contribution is -0.117. The van der Waals surface area contributed by atoms with Crippen LogP contribution in [0, 0.1) is 6.92 Å². The Morgan fingerprint density at radius 1 is 1.12 bits per heavy atom. The minimum absolute atomic E-state index is 0.118. The van der Waals surface area contributed by atoms with Crippen molar-refractivity contribution in [2.24, 2.45) is 0 Å². The topological polar surface area (TPSA) is 122 Å². The van der Waals surface area contributed by atoms with E-state index in [1.165, 1.54) is 17.4 Å². The van der Waals surface area contributed by atoms with E-state index in [2.05, 4.69) is 27.5 Å². The summed E-state index contributed by atoms with van der Waals surface area (Å²) in [5.74, 6) is 0.200. The van der Waals surface area contributed by atoms with Crippen molar-refractivity contribution in [3.05, 3.63) is 53.6 Å². The molecule has 222 valence electrons. The number of carbonyl (C=O) groups is 3. The summed E-state index contributed by atoms with van der Waals surface area (Å²) in [7, 11) is 0. The van der Waals surface area contributed by atoms with E-state index >= 15 is 0 Å². The zero-order valence-corrected chi connectivity index (χ0v) is 25.0. The third-order valence-corrected chi connectivity index (χ3v) is 8.77. The number of hydrogen-bond acceptors (Lipinski definition) is 7. The molecule has 10 nitrogen and oxygen atoms in total. The van der Waals surface area contributed by atoms with Gasteiger partial charge in [-0.05, 0) is 62.1 Å².